The summed E-state index contributed by atoms with van der Waals surface area (Å²) in [5.41, 5.74) is 1.97. The van der Waals surface area contributed by atoms with Gasteiger partial charge < -0.3 is 9.67 Å². The molecule has 3 nitrogen and oxygen atoms in total. The molecular formula is C14H16BrNO2. The number of nitrogens with zero attached hydrogens (tertiary/aromatic N) is 1. The van der Waals surface area contributed by atoms with Crippen molar-refractivity contribution >= 4 is 32.8 Å². The highest BCUT2D eigenvalue weighted by atomic mass is 79.9. The SMILES string of the molecule is CC(C)Cn1cc(CC(=O)O)c2ccc(Br)cc21. The Morgan fingerprint density at radius 1 is 1.44 bits per heavy atom. The zero-order valence-electron chi connectivity index (χ0n) is 10.5. The molecule has 0 radical (unpaired) electrons. The van der Waals surface area contributed by atoms with Crippen LogP contribution in [0.3, 0.4) is 0 Å². The van der Waals surface area contributed by atoms with Crippen LogP contribution in [0.15, 0.2) is 28.9 Å². The van der Waals surface area contributed by atoms with Crippen molar-refractivity contribution in [3.05, 3.63) is 34.4 Å². The van der Waals surface area contributed by atoms with Gasteiger partial charge in [-0.2, -0.15) is 0 Å². The van der Waals surface area contributed by atoms with Crippen molar-refractivity contribution in [3.63, 3.8) is 0 Å². The zero-order chi connectivity index (χ0) is 13.3. The van der Waals surface area contributed by atoms with Crippen LogP contribution in [0.4, 0.5) is 0 Å². The van der Waals surface area contributed by atoms with Gasteiger partial charge >= 0.3 is 5.97 Å². The molecule has 0 bridgehead atoms. The number of aromatic nitrogens is 1. The third-order valence-corrected chi connectivity index (χ3v) is 3.32. The minimum absolute atomic E-state index is 0.0726. The Morgan fingerprint density at radius 2 is 2.17 bits per heavy atom. The largest absolute Gasteiger partial charge is 0.481 e. The average Bonchev–Trinajstić information content (AvgIpc) is 2.54. The Kier molecular flexibility index (Phi) is 3.76. The van der Waals surface area contributed by atoms with Crippen LogP contribution in [-0.2, 0) is 17.8 Å². The lowest BCUT2D eigenvalue weighted by Crippen LogP contribution is -2.03. The first-order chi connectivity index (χ1) is 8.47. The van der Waals surface area contributed by atoms with E-state index in [0.29, 0.717) is 5.92 Å². The molecule has 1 N–H and O–H groups in total. The quantitative estimate of drug-likeness (QED) is 0.936. The number of carboxylic acids is 1. The first kappa shape index (κ1) is 13.1. The second kappa shape index (κ2) is 5.14. The number of carbonyl (C=O) groups is 1. The van der Waals surface area contributed by atoms with Crippen molar-refractivity contribution in [3.8, 4) is 0 Å². The van der Waals surface area contributed by atoms with Crippen LogP contribution in [0, 0.1) is 5.92 Å². The number of fused-ring (bicyclic) bond motifs is 1. The third kappa shape index (κ3) is 2.75. The van der Waals surface area contributed by atoms with E-state index in [1.54, 1.807) is 0 Å². The van der Waals surface area contributed by atoms with E-state index < -0.39 is 5.97 Å². The first-order valence-electron chi connectivity index (χ1n) is 5.96. The van der Waals surface area contributed by atoms with Gasteiger partial charge in [0.05, 0.1) is 6.42 Å². The average molecular weight is 310 g/mol. The molecule has 0 unspecified atom stereocenters. The van der Waals surface area contributed by atoms with E-state index in [1.165, 1.54) is 0 Å². The molecule has 0 aliphatic heterocycles. The summed E-state index contributed by atoms with van der Waals surface area (Å²) < 4.78 is 3.16. The Hall–Kier alpha value is -1.29. The number of hydrogen-bond donors (Lipinski definition) is 1. The molecule has 0 spiro atoms. The number of aliphatic carboxylic acids is 1. The van der Waals surface area contributed by atoms with Crippen molar-refractivity contribution in [2.45, 2.75) is 26.8 Å². The topological polar surface area (TPSA) is 42.2 Å². The maximum Gasteiger partial charge on any atom is 0.307 e. The summed E-state index contributed by atoms with van der Waals surface area (Å²) in [6.45, 7) is 5.20. The molecule has 0 aliphatic carbocycles. The standard InChI is InChI=1S/C14H16BrNO2/c1-9(2)7-16-8-10(5-14(17)18)12-4-3-11(15)6-13(12)16/h3-4,6,8-9H,5,7H2,1-2H3,(H,17,18). The van der Waals surface area contributed by atoms with Crippen LogP contribution >= 0.6 is 15.9 Å². The summed E-state index contributed by atoms with van der Waals surface area (Å²) >= 11 is 3.46. The van der Waals surface area contributed by atoms with Crippen LogP contribution < -0.4 is 0 Å². The van der Waals surface area contributed by atoms with E-state index in [2.05, 4.69) is 34.3 Å². The van der Waals surface area contributed by atoms with Gasteiger partial charge in [0.1, 0.15) is 0 Å². The second-order valence-electron chi connectivity index (χ2n) is 4.93. The van der Waals surface area contributed by atoms with E-state index in [4.69, 9.17) is 5.11 Å². The van der Waals surface area contributed by atoms with Gasteiger partial charge in [-0.05, 0) is 23.6 Å². The van der Waals surface area contributed by atoms with E-state index in [-0.39, 0.29) is 6.42 Å². The first-order valence-corrected chi connectivity index (χ1v) is 6.75. The minimum atomic E-state index is -0.790. The lowest BCUT2D eigenvalue weighted by Gasteiger charge is -2.08. The summed E-state index contributed by atoms with van der Waals surface area (Å²) in [5.74, 6) is -0.265. The molecule has 0 atom stereocenters. The molecule has 2 rings (SSSR count). The Bertz CT molecular complexity index is 587. The molecule has 1 aromatic heterocycles. The normalized spacial score (nSPS) is 11.3. The fourth-order valence-corrected chi connectivity index (χ4v) is 2.54. The summed E-state index contributed by atoms with van der Waals surface area (Å²) in [7, 11) is 0. The molecule has 18 heavy (non-hydrogen) atoms. The highest BCUT2D eigenvalue weighted by Gasteiger charge is 2.12. The van der Waals surface area contributed by atoms with E-state index in [1.807, 2.05) is 24.4 Å². The van der Waals surface area contributed by atoms with Crippen molar-refractivity contribution < 1.29 is 9.90 Å². The van der Waals surface area contributed by atoms with Crippen molar-refractivity contribution in [1.82, 2.24) is 4.57 Å². The molecule has 0 saturated carbocycles. The smallest absolute Gasteiger partial charge is 0.307 e. The molecule has 96 valence electrons. The number of rotatable bonds is 4. The third-order valence-electron chi connectivity index (χ3n) is 2.83. The molecule has 1 heterocycles. The van der Waals surface area contributed by atoms with Gasteiger partial charge in [-0.25, -0.2) is 0 Å². The number of hydrogen-bond acceptors (Lipinski definition) is 1. The zero-order valence-corrected chi connectivity index (χ0v) is 12.1. The molecular weight excluding hydrogens is 294 g/mol. The number of carboxylic acid groups (broad SMARTS) is 1. The summed E-state index contributed by atoms with van der Waals surface area (Å²) in [5, 5.41) is 9.98. The molecule has 0 saturated heterocycles. The van der Waals surface area contributed by atoms with E-state index in [0.717, 1.165) is 27.5 Å². The maximum absolute atomic E-state index is 10.9. The molecule has 1 aromatic carbocycles. The van der Waals surface area contributed by atoms with Crippen LogP contribution in [0.2, 0.25) is 0 Å². The molecule has 4 heteroatoms. The predicted octanol–water partition coefficient (Wildman–Crippen LogP) is 3.69. The van der Waals surface area contributed by atoms with Crippen molar-refractivity contribution in [2.75, 3.05) is 0 Å². The van der Waals surface area contributed by atoms with Crippen molar-refractivity contribution in [1.29, 1.82) is 0 Å². The maximum atomic E-state index is 10.9. The monoisotopic (exact) mass is 309 g/mol. The number of benzene rings is 1. The Labute approximate surface area is 115 Å². The van der Waals surface area contributed by atoms with E-state index in [9.17, 15) is 4.79 Å². The van der Waals surface area contributed by atoms with Crippen LogP contribution in [0.1, 0.15) is 19.4 Å². The van der Waals surface area contributed by atoms with E-state index >= 15 is 0 Å². The highest BCUT2D eigenvalue weighted by Crippen LogP contribution is 2.26. The minimum Gasteiger partial charge on any atom is -0.481 e. The van der Waals surface area contributed by atoms with Gasteiger partial charge in [-0.15, -0.1) is 0 Å². The van der Waals surface area contributed by atoms with Gasteiger partial charge in [0.2, 0.25) is 0 Å². The summed E-state index contributed by atoms with van der Waals surface area (Å²) in [4.78, 5) is 10.9. The fourth-order valence-electron chi connectivity index (χ4n) is 2.19. The predicted molar refractivity (Wildman–Crippen MR) is 75.8 cm³/mol. The molecule has 2 aromatic rings. The van der Waals surface area contributed by atoms with Gasteiger partial charge in [-0.3, -0.25) is 4.79 Å². The van der Waals surface area contributed by atoms with Gasteiger partial charge in [0, 0.05) is 28.1 Å². The lowest BCUT2D eigenvalue weighted by atomic mass is 10.1. The summed E-state index contributed by atoms with van der Waals surface area (Å²) in [6.07, 6.45) is 2.04. The Morgan fingerprint density at radius 3 is 2.78 bits per heavy atom. The fraction of sp³-hybridized carbons (Fsp3) is 0.357. The van der Waals surface area contributed by atoms with Gasteiger partial charge in [0.15, 0.2) is 0 Å². The highest BCUT2D eigenvalue weighted by molar-refractivity contribution is 9.10. The molecule has 0 amide bonds. The summed E-state index contributed by atoms with van der Waals surface area (Å²) in [6, 6.07) is 5.98. The van der Waals surface area contributed by atoms with Gasteiger partial charge in [0.25, 0.3) is 0 Å². The second-order valence-corrected chi connectivity index (χ2v) is 5.85. The Balaban J connectivity index is 2.55. The molecule has 0 fully saturated rings. The van der Waals surface area contributed by atoms with Crippen LogP contribution in [-0.4, -0.2) is 15.6 Å². The lowest BCUT2D eigenvalue weighted by molar-refractivity contribution is -0.136. The molecule has 0 aliphatic rings. The van der Waals surface area contributed by atoms with Crippen molar-refractivity contribution in [2.24, 2.45) is 5.92 Å². The van der Waals surface area contributed by atoms with Gasteiger partial charge in [-0.1, -0.05) is 35.8 Å². The van der Waals surface area contributed by atoms with Crippen LogP contribution in [0.5, 0.6) is 0 Å². The number of halogens is 1. The van der Waals surface area contributed by atoms with Crippen LogP contribution in [0.25, 0.3) is 10.9 Å².